The standard InChI is InChI=1S/C31H43N3O4/c1-20(2)26(33-30(37)38-31(5,6)7)29(36)34(24-17-12-18-24)27(25-21(3)13-11-14-22(25)4)28(35)32-19-23-15-9-8-10-16-23/h8-11,13-16,20,24,26-27H,12,17-19H2,1-7H3,(H,32,35)(H,33,37). The number of aryl methyl sites for hydroxylation is 2. The van der Waals surface area contributed by atoms with Crippen molar-refractivity contribution < 1.29 is 19.1 Å². The third-order valence-electron chi connectivity index (χ3n) is 6.98. The van der Waals surface area contributed by atoms with E-state index in [1.54, 1.807) is 25.7 Å². The van der Waals surface area contributed by atoms with Gasteiger partial charge in [0.15, 0.2) is 0 Å². The highest BCUT2D eigenvalue weighted by molar-refractivity contribution is 5.93. The van der Waals surface area contributed by atoms with Crippen LogP contribution in [-0.4, -0.2) is 40.5 Å². The molecular weight excluding hydrogens is 478 g/mol. The fourth-order valence-electron chi connectivity index (χ4n) is 4.83. The van der Waals surface area contributed by atoms with E-state index in [0.717, 1.165) is 41.5 Å². The van der Waals surface area contributed by atoms with Crippen LogP contribution in [0.5, 0.6) is 0 Å². The quantitative estimate of drug-likeness (QED) is 0.450. The van der Waals surface area contributed by atoms with E-state index in [-0.39, 0.29) is 23.8 Å². The molecular formula is C31H43N3O4. The molecule has 0 aliphatic heterocycles. The van der Waals surface area contributed by atoms with Gasteiger partial charge in [0, 0.05) is 12.6 Å². The summed E-state index contributed by atoms with van der Waals surface area (Å²) < 4.78 is 5.47. The lowest BCUT2D eigenvalue weighted by Gasteiger charge is -2.44. The van der Waals surface area contributed by atoms with Gasteiger partial charge in [-0.3, -0.25) is 9.59 Å². The van der Waals surface area contributed by atoms with Gasteiger partial charge in [-0.25, -0.2) is 4.79 Å². The molecule has 206 valence electrons. The lowest BCUT2D eigenvalue weighted by Crippen LogP contribution is -2.59. The predicted octanol–water partition coefficient (Wildman–Crippen LogP) is 5.59. The summed E-state index contributed by atoms with van der Waals surface area (Å²) in [6.45, 7) is 13.4. The molecule has 2 atom stereocenters. The van der Waals surface area contributed by atoms with Crippen LogP contribution in [0.15, 0.2) is 48.5 Å². The summed E-state index contributed by atoms with van der Waals surface area (Å²) >= 11 is 0. The number of hydrogen-bond donors (Lipinski definition) is 2. The van der Waals surface area contributed by atoms with Gasteiger partial charge in [-0.1, -0.05) is 62.4 Å². The third-order valence-corrected chi connectivity index (χ3v) is 6.98. The molecule has 7 heteroatoms. The normalized spacial score (nSPS) is 15.3. The summed E-state index contributed by atoms with van der Waals surface area (Å²) in [5.41, 5.74) is 3.01. The highest BCUT2D eigenvalue weighted by Gasteiger charge is 2.43. The first kappa shape index (κ1) is 29.2. The van der Waals surface area contributed by atoms with Crippen molar-refractivity contribution in [1.82, 2.24) is 15.5 Å². The molecule has 0 bridgehead atoms. The molecule has 1 saturated carbocycles. The Morgan fingerprint density at radius 2 is 1.58 bits per heavy atom. The van der Waals surface area contributed by atoms with E-state index in [1.807, 2.05) is 76.2 Å². The summed E-state index contributed by atoms with van der Waals surface area (Å²) in [7, 11) is 0. The summed E-state index contributed by atoms with van der Waals surface area (Å²) in [5.74, 6) is -0.701. The van der Waals surface area contributed by atoms with Crippen LogP contribution in [0.4, 0.5) is 4.79 Å². The SMILES string of the molecule is Cc1cccc(C)c1C(C(=O)NCc1ccccc1)N(C(=O)C(NC(=O)OC(C)(C)C)C(C)C)C1CCC1. The van der Waals surface area contributed by atoms with E-state index in [4.69, 9.17) is 4.74 Å². The molecule has 0 saturated heterocycles. The minimum absolute atomic E-state index is 0.0873. The Kier molecular flexibility index (Phi) is 9.58. The van der Waals surface area contributed by atoms with Crippen molar-refractivity contribution in [3.63, 3.8) is 0 Å². The molecule has 3 rings (SSSR count). The van der Waals surface area contributed by atoms with Crippen LogP contribution in [0, 0.1) is 19.8 Å². The van der Waals surface area contributed by atoms with Crippen molar-refractivity contribution in [3.05, 3.63) is 70.8 Å². The van der Waals surface area contributed by atoms with E-state index in [0.29, 0.717) is 6.54 Å². The zero-order valence-electron chi connectivity index (χ0n) is 23.8. The first-order valence-electron chi connectivity index (χ1n) is 13.6. The van der Waals surface area contributed by atoms with E-state index in [1.165, 1.54) is 0 Å². The van der Waals surface area contributed by atoms with E-state index in [9.17, 15) is 14.4 Å². The van der Waals surface area contributed by atoms with Crippen LogP contribution in [0.3, 0.4) is 0 Å². The smallest absolute Gasteiger partial charge is 0.408 e. The predicted molar refractivity (Wildman–Crippen MR) is 149 cm³/mol. The second kappa shape index (κ2) is 12.5. The van der Waals surface area contributed by atoms with Crippen molar-refractivity contribution in [3.8, 4) is 0 Å². The maximum Gasteiger partial charge on any atom is 0.408 e. The highest BCUT2D eigenvalue weighted by atomic mass is 16.6. The van der Waals surface area contributed by atoms with Gasteiger partial charge < -0.3 is 20.3 Å². The van der Waals surface area contributed by atoms with Crippen LogP contribution < -0.4 is 10.6 Å². The molecule has 7 nitrogen and oxygen atoms in total. The van der Waals surface area contributed by atoms with Gasteiger partial charge in [0.25, 0.3) is 0 Å². The molecule has 0 spiro atoms. The second-order valence-electron chi connectivity index (χ2n) is 11.6. The fraction of sp³-hybridized carbons (Fsp3) is 0.516. The molecule has 2 aromatic carbocycles. The Bertz CT molecular complexity index is 1100. The molecule has 2 aromatic rings. The first-order valence-corrected chi connectivity index (χ1v) is 13.6. The van der Waals surface area contributed by atoms with Gasteiger partial charge in [0.2, 0.25) is 11.8 Å². The Hall–Kier alpha value is -3.35. The molecule has 0 aromatic heterocycles. The number of carbonyl (C=O) groups is 3. The number of nitrogens with zero attached hydrogens (tertiary/aromatic N) is 1. The van der Waals surface area contributed by atoms with E-state index < -0.39 is 23.8 Å². The Balaban J connectivity index is 2.01. The maximum atomic E-state index is 14.3. The van der Waals surface area contributed by atoms with Crippen molar-refractivity contribution >= 4 is 17.9 Å². The number of amides is 3. The molecule has 3 amide bonds. The molecule has 0 radical (unpaired) electrons. The van der Waals surface area contributed by atoms with Crippen molar-refractivity contribution in [2.45, 2.75) is 98.0 Å². The average molecular weight is 522 g/mol. The number of benzene rings is 2. The monoisotopic (exact) mass is 521 g/mol. The zero-order chi connectivity index (χ0) is 28.0. The Labute approximate surface area is 227 Å². The lowest BCUT2D eigenvalue weighted by atomic mass is 9.85. The molecule has 2 unspecified atom stereocenters. The minimum atomic E-state index is -0.834. The Morgan fingerprint density at radius 1 is 0.974 bits per heavy atom. The maximum absolute atomic E-state index is 14.3. The zero-order valence-corrected chi connectivity index (χ0v) is 23.8. The molecule has 1 aliphatic carbocycles. The van der Waals surface area contributed by atoms with E-state index >= 15 is 0 Å². The first-order chi connectivity index (χ1) is 17.9. The van der Waals surface area contributed by atoms with E-state index in [2.05, 4.69) is 10.6 Å². The van der Waals surface area contributed by atoms with Gasteiger partial charge in [0.1, 0.15) is 17.7 Å². The highest BCUT2D eigenvalue weighted by Crippen LogP contribution is 2.36. The van der Waals surface area contributed by atoms with Gasteiger partial charge in [-0.05, 0) is 82.1 Å². The number of alkyl carbamates (subject to hydrolysis) is 1. The van der Waals surface area contributed by atoms with Gasteiger partial charge in [-0.15, -0.1) is 0 Å². The molecule has 1 fully saturated rings. The molecule has 2 N–H and O–H groups in total. The largest absolute Gasteiger partial charge is 0.444 e. The number of hydrogen-bond acceptors (Lipinski definition) is 4. The number of carbonyl (C=O) groups excluding carboxylic acids is 3. The molecule has 1 aliphatic rings. The van der Waals surface area contributed by atoms with Crippen LogP contribution >= 0.6 is 0 Å². The van der Waals surface area contributed by atoms with Crippen LogP contribution in [0.2, 0.25) is 0 Å². The summed E-state index contributed by atoms with van der Waals surface area (Å²) in [6, 6.07) is 13.9. The topological polar surface area (TPSA) is 87.7 Å². The Morgan fingerprint density at radius 3 is 2.08 bits per heavy atom. The summed E-state index contributed by atoms with van der Waals surface area (Å²) in [5, 5.41) is 5.89. The average Bonchev–Trinajstić information content (AvgIpc) is 2.80. The van der Waals surface area contributed by atoms with Crippen molar-refractivity contribution in [2.75, 3.05) is 0 Å². The summed E-state index contributed by atoms with van der Waals surface area (Å²) in [6.07, 6.45) is 1.98. The number of nitrogens with one attached hydrogen (secondary N) is 2. The van der Waals surface area contributed by atoms with Gasteiger partial charge in [0.05, 0.1) is 0 Å². The van der Waals surface area contributed by atoms with Gasteiger partial charge in [-0.2, -0.15) is 0 Å². The molecule has 0 heterocycles. The fourth-order valence-corrected chi connectivity index (χ4v) is 4.83. The summed E-state index contributed by atoms with van der Waals surface area (Å²) in [4.78, 5) is 42.8. The van der Waals surface area contributed by atoms with Crippen LogP contribution in [0.25, 0.3) is 0 Å². The lowest BCUT2D eigenvalue weighted by molar-refractivity contribution is -0.148. The van der Waals surface area contributed by atoms with Crippen LogP contribution in [0.1, 0.15) is 82.2 Å². The van der Waals surface area contributed by atoms with Gasteiger partial charge >= 0.3 is 6.09 Å². The van der Waals surface area contributed by atoms with Crippen molar-refractivity contribution in [1.29, 1.82) is 0 Å². The second-order valence-corrected chi connectivity index (χ2v) is 11.6. The molecule has 38 heavy (non-hydrogen) atoms. The third kappa shape index (κ3) is 7.36. The van der Waals surface area contributed by atoms with Crippen LogP contribution in [-0.2, 0) is 20.9 Å². The van der Waals surface area contributed by atoms with Crippen molar-refractivity contribution in [2.24, 2.45) is 5.92 Å². The minimum Gasteiger partial charge on any atom is -0.444 e. The number of ether oxygens (including phenoxy) is 1. The number of rotatable bonds is 9.